The van der Waals surface area contributed by atoms with Gasteiger partial charge in [-0.25, -0.2) is 4.99 Å². The topological polar surface area (TPSA) is 62.5 Å². The molecule has 1 atom stereocenters. The van der Waals surface area contributed by atoms with Crippen molar-refractivity contribution in [2.24, 2.45) is 4.99 Å². The molecule has 1 heterocycles. The molecule has 0 bridgehead atoms. The summed E-state index contributed by atoms with van der Waals surface area (Å²) in [6, 6.07) is 6.59. The molecule has 0 spiro atoms. The molecule has 0 amide bonds. The fourth-order valence-electron chi connectivity index (χ4n) is 2.07. The Morgan fingerprint density at radius 1 is 1.33 bits per heavy atom. The van der Waals surface area contributed by atoms with Gasteiger partial charge < -0.3 is 15.2 Å². The van der Waals surface area contributed by atoms with Crippen LogP contribution in [0, 0.1) is 0 Å². The number of nitrogens with zero attached hydrogens (tertiary/aromatic N) is 2. The van der Waals surface area contributed by atoms with Gasteiger partial charge in [0.1, 0.15) is 12.0 Å². The molecule has 1 unspecified atom stereocenters. The van der Waals surface area contributed by atoms with E-state index < -0.39 is 11.7 Å². The van der Waals surface area contributed by atoms with Crippen LogP contribution < -0.4 is 10.6 Å². The Morgan fingerprint density at radius 3 is 2.75 bits per heavy atom. The molecule has 5 nitrogen and oxygen atoms in total. The monoisotopic (exact) mass is 340 g/mol. The maximum absolute atomic E-state index is 12.8. The summed E-state index contributed by atoms with van der Waals surface area (Å²) < 4.78 is 43.2. The largest absolute Gasteiger partial charge is 0.416 e. The van der Waals surface area contributed by atoms with E-state index in [2.05, 4.69) is 20.8 Å². The molecule has 1 aromatic heterocycles. The zero-order chi connectivity index (χ0) is 17.6. The second-order valence-corrected chi connectivity index (χ2v) is 5.18. The van der Waals surface area contributed by atoms with Crippen molar-refractivity contribution in [3.05, 3.63) is 53.4 Å². The van der Waals surface area contributed by atoms with Crippen LogP contribution in [0.1, 0.15) is 36.7 Å². The predicted molar refractivity (Wildman–Crippen MR) is 84.3 cm³/mol. The lowest BCUT2D eigenvalue weighted by Crippen LogP contribution is -2.38. The highest BCUT2D eigenvalue weighted by atomic mass is 19.4. The number of guanidine groups is 1. The number of rotatable bonds is 5. The Labute approximate surface area is 138 Å². The number of hydrogen-bond acceptors (Lipinski definition) is 3. The van der Waals surface area contributed by atoms with Crippen molar-refractivity contribution in [3.63, 3.8) is 0 Å². The minimum Gasteiger partial charge on any atom is -0.364 e. The van der Waals surface area contributed by atoms with Gasteiger partial charge in [0.2, 0.25) is 0 Å². The predicted octanol–water partition coefficient (Wildman–Crippen LogP) is 3.51. The van der Waals surface area contributed by atoms with Gasteiger partial charge in [-0.3, -0.25) is 0 Å². The van der Waals surface area contributed by atoms with Crippen LogP contribution in [0.3, 0.4) is 0 Å². The molecule has 0 radical (unpaired) electrons. The number of nitrogens with one attached hydrogen (secondary N) is 2. The summed E-state index contributed by atoms with van der Waals surface area (Å²) >= 11 is 0. The van der Waals surface area contributed by atoms with E-state index in [1.807, 2.05) is 6.92 Å². The van der Waals surface area contributed by atoms with Gasteiger partial charge >= 0.3 is 6.18 Å². The van der Waals surface area contributed by atoms with Crippen LogP contribution in [-0.2, 0) is 12.7 Å². The summed E-state index contributed by atoms with van der Waals surface area (Å²) in [5.74, 6) is 0.491. The molecule has 2 N–H and O–H groups in total. The van der Waals surface area contributed by atoms with E-state index >= 15 is 0 Å². The van der Waals surface area contributed by atoms with Crippen LogP contribution in [-0.4, -0.2) is 17.7 Å². The molecular weight excluding hydrogens is 321 g/mol. The van der Waals surface area contributed by atoms with Crippen molar-refractivity contribution in [1.29, 1.82) is 0 Å². The maximum atomic E-state index is 12.8. The van der Waals surface area contributed by atoms with E-state index in [4.69, 9.17) is 4.52 Å². The third-order valence-electron chi connectivity index (χ3n) is 3.30. The van der Waals surface area contributed by atoms with Crippen molar-refractivity contribution in [1.82, 2.24) is 15.8 Å². The fraction of sp³-hybridized carbons (Fsp3) is 0.375. The van der Waals surface area contributed by atoms with E-state index in [9.17, 15) is 13.2 Å². The lowest BCUT2D eigenvalue weighted by atomic mass is 10.1. The number of benzene rings is 1. The minimum atomic E-state index is -4.36. The molecule has 24 heavy (non-hydrogen) atoms. The summed E-state index contributed by atoms with van der Waals surface area (Å²) in [7, 11) is 0. The van der Waals surface area contributed by atoms with E-state index in [-0.39, 0.29) is 6.04 Å². The number of halogens is 3. The summed E-state index contributed by atoms with van der Waals surface area (Å²) in [6.07, 6.45) is -2.91. The van der Waals surface area contributed by atoms with Crippen LogP contribution in [0.2, 0.25) is 0 Å². The van der Waals surface area contributed by atoms with Gasteiger partial charge in [0.15, 0.2) is 5.96 Å². The van der Waals surface area contributed by atoms with Gasteiger partial charge in [-0.05, 0) is 31.5 Å². The fourth-order valence-corrected chi connectivity index (χ4v) is 2.07. The maximum Gasteiger partial charge on any atom is 0.416 e. The number of aliphatic imine (C=N–C) groups is 1. The third-order valence-corrected chi connectivity index (χ3v) is 3.30. The molecule has 130 valence electrons. The summed E-state index contributed by atoms with van der Waals surface area (Å²) in [5, 5.41) is 9.90. The molecule has 0 saturated carbocycles. The molecule has 2 aromatic rings. The lowest BCUT2D eigenvalue weighted by molar-refractivity contribution is -0.137. The molecule has 8 heteroatoms. The zero-order valence-electron chi connectivity index (χ0n) is 13.4. The zero-order valence-corrected chi connectivity index (χ0v) is 13.4. The molecule has 2 rings (SSSR count). The van der Waals surface area contributed by atoms with Crippen molar-refractivity contribution in [3.8, 4) is 0 Å². The average molecular weight is 340 g/mol. The van der Waals surface area contributed by atoms with Gasteiger partial charge in [0, 0.05) is 12.6 Å². The molecule has 0 aliphatic rings. The van der Waals surface area contributed by atoms with Gasteiger partial charge in [-0.2, -0.15) is 13.2 Å². The van der Waals surface area contributed by atoms with Gasteiger partial charge in [0.05, 0.1) is 18.2 Å². The normalized spacial score (nSPS) is 13.6. The van der Waals surface area contributed by atoms with Gasteiger partial charge in [-0.1, -0.05) is 17.3 Å². The second kappa shape index (κ2) is 7.85. The summed E-state index contributed by atoms with van der Waals surface area (Å²) in [6.45, 7) is 4.61. The van der Waals surface area contributed by atoms with Crippen molar-refractivity contribution in [2.45, 2.75) is 32.6 Å². The second-order valence-electron chi connectivity index (χ2n) is 5.18. The van der Waals surface area contributed by atoms with Crippen molar-refractivity contribution >= 4 is 5.96 Å². The van der Waals surface area contributed by atoms with Gasteiger partial charge in [0.25, 0.3) is 0 Å². The Kier molecular flexibility index (Phi) is 5.83. The van der Waals surface area contributed by atoms with E-state index in [1.165, 1.54) is 12.3 Å². The van der Waals surface area contributed by atoms with Crippen molar-refractivity contribution < 1.29 is 17.7 Å². The first-order chi connectivity index (χ1) is 11.4. The average Bonchev–Trinajstić information content (AvgIpc) is 3.05. The Morgan fingerprint density at radius 2 is 2.12 bits per heavy atom. The molecular formula is C16H19F3N4O. The van der Waals surface area contributed by atoms with Crippen LogP contribution >= 0.6 is 0 Å². The number of alkyl halides is 3. The van der Waals surface area contributed by atoms with Crippen LogP contribution in [0.15, 0.2) is 46.1 Å². The standard InChI is InChI=1S/C16H19F3N4O/c1-3-20-15(21-10-14-7-8-24-23-14)22-11(2)12-5-4-6-13(9-12)16(17,18)19/h4-9,11H,3,10H2,1-2H3,(H2,20,21,22). The quantitative estimate of drug-likeness (QED) is 0.646. The third kappa shape index (κ3) is 5.00. The van der Waals surface area contributed by atoms with E-state index in [1.54, 1.807) is 19.1 Å². The van der Waals surface area contributed by atoms with Crippen molar-refractivity contribution in [2.75, 3.05) is 6.54 Å². The summed E-state index contributed by atoms with van der Waals surface area (Å²) in [4.78, 5) is 4.34. The van der Waals surface area contributed by atoms with E-state index in [0.29, 0.717) is 30.3 Å². The first-order valence-electron chi connectivity index (χ1n) is 7.51. The molecule has 0 fully saturated rings. The highest BCUT2D eigenvalue weighted by Crippen LogP contribution is 2.30. The number of hydrogen-bond donors (Lipinski definition) is 2. The highest BCUT2D eigenvalue weighted by molar-refractivity contribution is 5.80. The highest BCUT2D eigenvalue weighted by Gasteiger charge is 2.30. The Balaban J connectivity index is 2.09. The van der Waals surface area contributed by atoms with Gasteiger partial charge in [-0.15, -0.1) is 0 Å². The van der Waals surface area contributed by atoms with Crippen LogP contribution in [0.4, 0.5) is 13.2 Å². The Hall–Kier alpha value is -2.51. The lowest BCUT2D eigenvalue weighted by Gasteiger charge is -2.19. The first-order valence-corrected chi connectivity index (χ1v) is 7.51. The molecule has 0 aliphatic heterocycles. The molecule has 0 aliphatic carbocycles. The SMILES string of the molecule is CCNC(=NCc1ccon1)NC(C)c1cccc(C(F)(F)F)c1. The molecule has 1 aromatic carbocycles. The van der Waals surface area contributed by atoms with Crippen LogP contribution in [0.5, 0.6) is 0 Å². The smallest absolute Gasteiger partial charge is 0.364 e. The molecule has 0 saturated heterocycles. The van der Waals surface area contributed by atoms with E-state index in [0.717, 1.165) is 12.1 Å². The Bertz CT molecular complexity index is 668. The summed E-state index contributed by atoms with van der Waals surface area (Å²) in [5.41, 5.74) is 0.522. The first kappa shape index (κ1) is 17.8. The minimum absolute atomic E-state index is 0.307. The van der Waals surface area contributed by atoms with Crippen LogP contribution in [0.25, 0.3) is 0 Å². The number of aromatic nitrogens is 1.